The Morgan fingerprint density at radius 1 is 1.30 bits per heavy atom. The van der Waals surface area contributed by atoms with Gasteiger partial charge in [-0.2, -0.15) is 0 Å². The number of benzene rings is 1. The van der Waals surface area contributed by atoms with Crippen LogP contribution in [-0.4, -0.2) is 17.4 Å². The van der Waals surface area contributed by atoms with Crippen LogP contribution in [0.2, 0.25) is 0 Å². The molecule has 2 aromatic rings. The summed E-state index contributed by atoms with van der Waals surface area (Å²) in [6.45, 7) is 3.28. The zero-order valence-corrected chi connectivity index (χ0v) is 14.2. The van der Waals surface area contributed by atoms with Crippen molar-refractivity contribution in [2.24, 2.45) is 0 Å². The number of amides is 1. The van der Waals surface area contributed by atoms with Crippen molar-refractivity contribution >= 4 is 36.4 Å². The van der Waals surface area contributed by atoms with Gasteiger partial charge in [-0.05, 0) is 48.7 Å². The predicted octanol–water partition coefficient (Wildman–Crippen LogP) is 3.27. The van der Waals surface area contributed by atoms with Crippen molar-refractivity contribution in [1.29, 1.82) is 0 Å². The molecule has 1 aliphatic heterocycles. The first-order chi connectivity index (χ1) is 10.1. The molecule has 2 N–H and O–H groups in total. The number of hydrogen-bond donors (Lipinski definition) is 2. The Bertz CT molecular complexity index is 710. The fourth-order valence-corrected chi connectivity index (χ4v) is 2.50. The van der Waals surface area contributed by atoms with Crippen LogP contribution < -0.4 is 10.6 Å². The second kappa shape index (κ2) is 8.24. The molecule has 2 heterocycles. The van der Waals surface area contributed by atoms with Gasteiger partial charge in [-0.25, -0.2) is 4.39 Å². The fourth-order valence-electron chi connectivity index (χ4n) is 2.50. The highest BCUT2D eigenvalue weighted by atomic mass is 35.5. The molecule has 1 aromatic heterocycles. The Labute approximate surface area is 146 Å². The number of anilines is 1. The lowest BCUT2D eigenvalue weighted by molar-refractivity contribution is 0.102. The lowest BCUT2D eigenvalue weighted by atomic mass is 9.99. The molecule has 0 bridgehead atoms. The minimum Gasteiger partial charge on any atom is -0.319 e. The first-order valence-corrected chi connectivity index (χ1v) is 6.89. The maximum Gasteiger partial charge on any atom is 0.257 e. The maximum atomic E-state index is 14.5. The second-order valence-corrected chi connectivity index (χ2v) is 5.20. The lowest BCUT2D eigenvalue weighted by Crippen LogP contribution is -2.25. The van der Waals surface area contributed by atoms with Gasteiger partial charge < -0.3 is 10.6 Å². The highest BCUT2D eigenvalue weighted by molar-refractivity contribution is 6.04. The average molecular weight is 358 g/mol. The summed E-state index contributed by atoms with van der Waals surface area (Å²) < 4.78 is 14.5. The van der Waals surface area contributed by atoms with Crippen LogP contribution >= 0.6 is 24.8 Å². The van der Waals surface area contributed by atoms with Crippen LogP contribution in [0.1, 0.15) is 27.0 Å². The number of hydrogen-bond acceptors (Lipinski definition) is 3. The van der Waals surface area contributed by atoms with Crippen LogP contribution in [0.25, 0.3) is 0 Å². The highest BCUT2D eigenvalue weighted by Crippen LogP contribution is 2.24. The van der Waals surface area contributed by atoms with E-state index in [-0.39, 0.29) is 42.2 Å². The van der Waals surface area contributed by atoms with Gasteiger partial charge in [-0.3, -0.25) is 9.78 Å². The van der Waals surface area contributed by atoms with Gasteiger partial charge in [0.25, 0.3) is 5.91 Å². The van der Waals surface area contributed by atoms with Gasteiger partial charge in [0.1, 0.15) is 5.82 Å². The summed E-state index contributed by atoms with van der Waals surface area (Å²) in [5, 5.41) is 5.83. The number of fused-ring (bicyclic) bond motifs is 1. The Balaban J connectivity index is 0.00000132. The summed E-state index contributed by atoms with van der Waals surface area (Å²) in [5.74, 6) is -0.679. The molecule has 0 atom stereocenters. The number of carbonyl (C=O) groups excluding carboxylic acids is 1. The Hall–Kier alpha value is -1.69. The first-order valence-electron chi connectivity index (χ1n) is 6.89. The standard InChI is InChI=1S/C16H16FN3O.2ClH/c1-10-6-12(9-19-7-10)16(21)20-14-3-2-11-8-18-5-4-13(11)15(14)17;;/h2-3,6-7,9,18H,4-5,8H2,1H3,(H,20,21);2*1H. The van der Waals surface area contributed by atoms with Crippen LogP contribution in [-0.2, 0) is 13.0 Å². The Kier molecular flexibility index (Phi) is 6.94. The van der Waals surface area contributed by atoms with Crippen molar-refractivity contribution in [2.75, 3.05) is 11.9 Å². The number of halogens is 3. The number of pyridine rings is 1. The van der Waals surface area contributed by atoms with E-state index in [9.17, 15) is 9.18 Å². The molecule has 0 aliphatic carbocycles. The summed E-state index contributed by atoms with van der Waals surface area (Å²) >= 11 is 0. The Morgan fingerprint density at radius 3 is 2.83 bits per heavy atom. The van der Waals surface area contributed by atoms with E-state index in [0.29, 0.717) is 24.1 Å². The molecule has 1 aliphatic rings. The van der Waals surface area contributed by atoms with E-state index in [1.807, 2.05) is 13.0 Å². The molecule has 1 amide bonds. The van der Waals surface area contributed by atoms with Gasteiger partial charge in [-0.1, -0.05) is 6.07 Å². The molecule has 1 aromatic carbocycles. The van der Waals surface area contributed by atoms with Crippen LogP contribution in [0.5, 0.6) is 0 Å². The molecule has 23 heavy (non-hydrogen) atoms. The van der Waals surface area contributed by atoms with E-state index < -0.39 is 0 Å². The van der Waals surface area contributed by atoms with Gasteiger partial charge in [0, 0.05) is 18.9 Å². The molecule has 124 valence electrons. The quantitative estimate of drug-likeness (QED) is 0.867. The molecule has 0 unspecified atom stereocenters. The smallest absolute Gasteiger partial charge is 0.257 e. The number of nitrogens with one attached hydrogen (secondary N) is 2. The maximum absolute atomic E-state index is 14.5. The van der Waals surface area contributed by atoms with Gasteiger partial charge in [-0.15, -0.1) is 24.8 Å². The summed E-state index contributed by atoms with van der Waals surface area (Å²) in [4.78, 5) is 16.1. The third-order valence-electron chi connectivity index (χ3n) is 3.59. The number of rotatable bonds is 2. The van der Waals surface area contributed by atoms with E-state index in [2.05, 4.69) is 15.6 Å². The highest BCUT2D eigenvalue weighted by Gasteiger charge is 2.18. The molecular weight excluding hydrogens is 340 g/mol. The minimum atomic E-state index is -0.348. The van der Waals surface area contributed by atoms with E-state index in [1.165, 1.54) is 6.20 Å². The molecule has 0 fully saturated rings. The Morgan fingerprint density at radius 2 is 2.09 bits per heavy atom. The van der Waals surface area contributed by atoms with Crippen LogP contribution in [0.15, 0.2) is 30.6 Å². The SMILES string of the molecule is Cc1cncc(C(=O)Nc2ccc3c(c2F)CCNC3)c1.Cl.Cl. The third kappa shape index (κ3) is 4.19. The zero-order valence-electron chi connectivity index (χ0n) is 12.6. The van der Waals surface area contributed by atoms with Crippen molar-refractivity contribution in [3.05, 3.63) is 58.7 Å². The number of aromatic nitrogens is 1. The third-order valence-corrected chi connectivity index (χ3v) is 3.59. The summed E-state index contributed by atoms with van der Waals surface area (Å²) in [6, 6.07) is 5.19. The number of nitrogens with zero attached hydrogens (tertiary/aromatic N) is 1. The second-order valence-electron chi connectivity index (χ2n) is 5.20. The molecular formula is C16H18Cl2FN3O. The molecule has 0 saturated carbocycles. The summed E-state index contributed by atoms with van der Waals surface area (Å²) in [6.07, 6.45) is 3.78. The monoisotopic (exact) mass is 357 g/mol. The molecule has 0 radical (unpaired) electrons. The van der Waals surface area contributed by atoms with Gasteiger partial charge >= 0.3 is 0 Å². The summed E-state index contributed by atoms with van der Waals surface area (Å²) in [7, 11) is 0. The van der Waals surface area contributed by atoms with E-state index in [1.54, 1.807) is 18.3 Å². The topological polar surface area (TPSA) is 54.0 Å². The normalized spacial score (nSPS) is 12.4. The predicted molar refractivity (Wildman–Crippen MR) is 93.2 cm³/mol. The van der Waals surface area contributed by atoms with E-state index >= 15 is 0 Å². The molecule has 0 saturated heterocycles. The lowest BCUT2D eigenvalue weighted by Gasteiger charge is -2.19. The van der Waals surface area contributed by atoms with Crippen molar-refractivity contribution in [3.63, 3.8) is 0 Å². The van der Waals surface area contributed by atoms with Crippen molar-refractivity contribution in [2.45, 2.75) is 19.9 Å². The fraction of sp³-hybridized carbons (Fsp3) is 0.250. The van der Waals surface area contributed by atoms with E-state index in [4.69, 9.17) is 0 Å². The number of carbonyl (C=O) groups is 1. The molecule has 3 rings (SSSR count). The molecule has 7 heteroatoms. The van der Waals surface area contributed by atoms with Crippen LogP contribution in [0, 0.1) is 12.7 Å². The van der Waals surface area contributed by atoms with Gasteiger partial charge in [0.05, 0.1) is 11.3 Å². The number of aryl methyl sites for hydroxylation is 1. The zero-order chi connectivity index (χ0) is 14.8. The van der Waals surface area contributed by atoms with Gasteiger partial charge in [0.2, 0.25) is 0 Å². The largest absolute Gasteiger partial charge is 0.319 e. The van der Waals surface area contributed by atoms with Crippen molar-refractivity contribution in [3.8, 4) is 0 Å². The minimum absolute atomic E-state index is 0. The molecule has 4 nitrogen and oxygen atoms in total. The van der Waals surface area contributed by atoms with E-state index in [0.717, 1.165) is 17.7 Å². The van der Waals surface area contributed by atoms with Crippen molar-refractivity contribution in [1.82, 2.24) is 10.3 Å². The molecule has 0 spiro atoms. The van der Waals surface area contributed by atoms with Gasteiger partial charge in [0.15, 0.2) is 0 Å². The van der Waals surface area contributed by atoms with Crippen LogP contribution in [0.3, 0.4) is 0 Å². The first kappa shape index (κ1) is 19.4. The van der Waals surface area contributed by atoms with Crippen LogP contribution in [0.4, 0.5) is 10.1 Å². The average Bonchev–Trinajstić information content (AvgIpc) is 2.50. The van der Waals surface area contributed by atoms with Crippen molar-refractivity contribution < 1.29 is 9.18 Å². The summed E-state index contributed by atoms with van der Waals surface area (Å²) in [5.41, 5.74) is 3.18.